The average molecular weight is 566 g/mol. The Labute approximate surface area is 214 Å². The van der Waals surface area contributed by atoms with Crippen molar-refractivity contribution in [1.82, 2.24) is 20.9 Å². The molecule has 1 saturated heterocycles. The molecule has 0 bridgehead atoms. The maximum atomic E-state index is 11.6. The molecule has 2 unspecified atom stereocenters. The molecule has 0 saturated carbocycles. The van der Waals surface area contributed by atoms with Gasteiger partial charge in [-0.05, 0) is 43.5 Å². The maximum Gasteiger partial charge on any atom is 0.257 e. The number of likely N-dealkylation sites (tertiary alicyclic amines) is 1. The fraction of sp³-hybridized carbons (Fsp3) is 0.440. The molecule has 2 aromatic rings. The minimum atomic E-state index is -0.118. The third-order valence-electron chi connectivity index (χ3n) is 5.60. The number of hydrogen-bond acceptors (Lipinski definition) is 4. The highest BCUT2D eigenvalue weighted by Gasteiger charge is 2.29. The van der Waals surface area contributed by atoms with E-state index in [1.165, 1.54) is 5.56 Å². The van der Waals surface area contributed by atoms with Crippen LogP contribution >= 0.6 is 24.0 Å². The van der Waals surface area contributed by atoms with Crippen molar-refractivity contribution in [1.29, 1.82) is 0 Å². The van der Waals surface area contributed by atoms with Crippen molar-refractivity contribution >= 4 is 35.8 Å². The minimum Gasteiger partial charge on any atom is -0.484 e. The van der Waals surface area contributed by atoms with Crippen LogP contribution < -0.4 is 20.7 Å². The maximum absolute atomic E-state index is 11.6. The van der Waals surface area contributed by atoms with Crippen LogP contribution in [0.4, 0.5) is 0 Å². The van der Waals surface area contributed by atoms with E-state index in [1.54, 1.807) is 7.05 Å². The lowest BCUT2D eigenvalue weighted by Gasteiger charge is -2.21. The van der Waals surface area contributed by atoms with Crippen molar-refractivity contribution in [3.8, 4) is 5.75 Å². The van der Waals surface area contributed by atoms with Crippen LogP contribution in [0.2, 0.25) is 0 Å². The number of guanidine groups is 1. The number of ether oxygens (including phenoxy) is 1. The molecular weight excluding hydrogens is 529 g/mol. The van der Waals surface area contributed by atoms with Crippen LogP contribution in [-0.4, -0.2) is 55.6 Å². The number of nitrogens with one attached hydrogen (secondary N) is 3. The molecule has 2 aromatic carbocycles. The smallest absolute Gasteiger partial charge is 0.257 e. The van der Waals surface area contributed by atoms with Crippen molar-refractivity contribution < 1.29 is 9.53 Å². The van der Waals surface area contributed by atoms with Gasteiger partial charge in [0.15, 0.2) is 12.6 Å². The van der Waals surface area contributed by atoms with Crippen LogP contribution in [0.15, 0.2) is 59.6 Å². The monoisotopic (exact) mass is 565 g/mol. The van der Waals surface area contributed by atoms with Gasteiger partial charge in [-0.25, -0.2) is 0 Å². The van der Waals surface area contributed by atoms with Crippen molar-refractivity contribution in [2.24, 2.45) is 4.99 Å². The van der Waals surface area contributed by atoms with Crippen LogP contribution in [0.3, 0.4) is 0 Å². The molecule has 33 heavy (non-hydrogen) atoms. The second kappa shape index (κ2) is 14.0. The molecule has 1 aliphatic rings. The zero-order chi connectivity index (χ0) is 22.8. The number of nitrogens with zero attached hydrogens (tertiary/aromatic N) is 2. The number of amides is 1. The van der Waals surface area contributed by atoms with Gasteiger partial charge >= 0.3 is 0 Å². The Morgan fingerprint density at radius 1 is 1.12 bits per heavy atom. The first kappa shape index (κ1) is 26.9. The van der Waals surface area contributed by atoms with Gasteiger partial charge in [0.05, 0.1) is 0 Å². The summed E-state index contributed by atoms with van der Waals surface area (Å²) in [4.78, 5) is 18.5. The minimum absolute atomic E-state index is 0. The first-order chi connectivity index (χ1) is 15.6. The Morgan fingerprint density at radius 2 is 1.88 bits per heavy atom. The van der Waals surface area contributed by atoms with Crippen LogP contribution in [0.25, 0.3) is 0 Å². The van der Waals surface area contributed by atoms with E-state index in [0.717, 1.165) is 31.0 Å². The second-order valence-corrected chi connectivity index (χ2v) is 8.16. The molecule has 0 aromatic heterocycles. The van der Waals surface area contributed by atoms with Gasteiger partial charge in [-0.15, -0.1) is 24.0 Å². The van der Waals surface area contributed by atoms with E-state index in [0.29, 0.717) is 30.9 Å². The van der Waals surface area contributed by atoms with Crippen molar-refractivity contribution in [3.63, 3.8) is 0 Å². The summed E-state index contributed by atoms with van der Waals surface area (Å²) in [6.45, 7) is 7.36. The number of likely N-dealkylation sites (N-methyl/N-ethyl adjacent to an activating group) is 1. The van der Waals surface area contributed by atoms with Gasteiger partial charge in [0.25, 0.3) is 5.91 Å². The number of carbonyl (C=O) groups is 1. The lowest BCUT2D eigenvalue weighted by Crippen LogP contribution is -2.44. The largest absolute Gasteiger partial charge is 0.484 e. The fourth-order valence-electron chi connectivity index (χ4n) is 3.96. The summed E-state index contributed by atoms with van der Waals surface area (Å²) in [6.07, 6.45) is 1.08. The number of halogens is 1. The Bertz CT molecular complexity index is 893. The van der Waals surface area contributed by atoms with Gasteiger partial charge in [0, 0.05) is 45.3 Å². The summed E-state index contributed by atoms with van der Waals surface area (Å²) in [6, 6.07) is 19.2. The number of hydrogen-bond donors (Lipinski definition) is 3. The summed E-state index contributed by atoms with van der Waals surface area (Å²) in [7, 11) is 1.79. The summed E-state index contributed by atoms with van der Waals surface area (Å²) < 4.78 is 5.58. The predicted octanol–water partition coefficient (Wildman–Crippen LogP) is 3.15. The van der Waals surface area contributed by atoms with E-state index >= 15 is 0 Å². The van der Waals surface area contributed by atoms with Crippen molar-refractivity contribution in [3.05, 3.63) is 65.7 Å². The molecule has 0 radical (unpaired) electrons. The predicted molar refractivity (Wildman–Crippen MR) is 144 cm³/mol. The number of benzene rings is 2. The molecule has 1 amide bonds. The summed E-state index contributed by atoms with van der Waals surface area (Å²) in [5.41, 5.74) is 2.41. The zero-order valence-electron chi connectivity index (χ0n) is 19.7. The van der Waals surface area contributed by atoms with Crippen molar-refractivity contribution in [2.45, 2.75) is 45.4 Å². The highest BCUT2D eigenvalue weighted by Crippen LogP contribution is 2.20. The first-order valence-corrected chi connectivity index (χ1v) is 11.3. The van der Waals surface area contributed by atoms with Gasteiger partial charge in [0.1, 0.15) is 5.75 Å². The van der Waals surface area contributed by atoms with Gasteiger partial charge in [-0.2, -0.15) is 0 Å². The molecule has 7 nitrogen and oxygen atoms in total. The topological polar surface area (TPSA) is 78.0 Å². The lowest BCUT2D eigenvalue weighted by molar-refractivity contribution is -0.122. The Kier molecular flexibility index (Phi) is 11.5. The molecule has 180 valence electrons. The molecule has 3 rings (SSSR count). The van der Waals surface area contributed by atoms with E-state index in [9.17, 15) is 4.79 Å². The standard InChI is InChI=1S/C25H35N5O2.HI/c1-4-27-24(31)18-32-23-12-8-11-21(14-23)15-28-25(26-3)29-22-13-19(2)30(17-22)16-20-9-6-5-7-10-20;/h5-12,14,19,22H,4,13,15-18H2,1-3H3,(H,27,31)(H2,26,28,29);1H. The number of aliphatic imine (C=N–C) groups is 1. The number of rotatable bonds is 9. The van der Waals surface area contributed by atoms with Gasteiger partial charge in [-0.3, -0.25) is 14.7 Å². The molecule has 1 fully saturated rings. The van der Waals surface area contributed by atoms with E-state index < -0.39 is 0 Å². The Hall–Kier alpha value is -2.33. The highest BCUT2D eigenvalue weighted by molar-refractivity contribution is 14.0. The summed E-state index contributed by atoms with van der Waals surface area (Å²) in [5.74, 6) is 1.35. The molecule has 2 atom stereocenters. The van der Waals surface area contributed by atoms with E-state index in [1.807, 2.05) is 31.2 Å². The molecule has 1 heterocycles. The molecule has 8 heteroatoms. The van der Waals surface area contributed by atoms with Crippen LogP contribution in [-0.2, 0) is 17.9 Å². The van der Waals surface area contributed by atoms with E-state index in [4.69, 9.17) is 4.74 Å². The lowest BCUT2D eigenvalue weighted by atomic mass is 10.2. The third-order valence-corrected chi connectivity index (χ3v) is 5.60. The fourth-order valence-corrected chi connectivity index (χ4v) is 3.96. The van der Waals surface area contributed by atoms with E-state index in [2.05, 4.69) is 63.1 Å². The summed E-state index contributed by atoms with van der Waals surface area (Å²) >= 11 is 0. The molecule has 3 N–H and O–H groups in total. The Balaban J connectivity index is 0.00000385. The van der Waals surface area contributed by atoms with Crippen molar-refractivity contribution in [2.75, 3.05) is 26.7 Å². The third kappa shape index (κ3) is 8.85. The molecular formula is C25H36IN5O2. The SMILES string of the molecule is CCNC(=O)COc1cccc(CNC(=NC)NC2CC(C)N(Cc3ccccc3)C2)c1.I. The molecule has 0 spiro atoms. The van der Waals surface area contributed by atoms with Crippen LogP contribution in [0.1, 0.15) is 31.4 Å². The Morgan fingerprint density at radius 3 is 2.61 bits per heavy atom. The van der Waals surface area contributed by atoms with Gasteiger partial charge in [-0.1, -0.05) is 42.5 Å². The molecule has 1 aliphatic heterocycles. The van der Waals surface area contributed by atoms with Gasteiger partial charge in [0.2, 0.25) is 0 Å². The zero-order valence-corrected chi connectivity index (χ0v) is 22.0. The average Bonchev–Trinajstić information content (AvgIpc) is 3.15. The number of carbonyl (C=O) groups excluding carboxylic acids is 1. The van der Waals surface area contributed by atoms with E-state index in [-0.39, 0.29) is 36.5 Å². The quantitative estimate of drug-likeness (QED) is 0.248. The second-order valence-electron chi connectivity index (χ2n) is 8.16. The van der Waals surface area contributed by atoms with Crippen LogP contribution in [0, 0.1) is 0 Å². The normalized spacial score (nSPS) is 18.3. The van der Waals surface area contributed by atoms with Gasteiger partial charge < -0.3 is 20.7 Å². The highest BCUT2D eigenvalue weighted by atomic mass is 127. The summed E-state index contributed by atoms with van der Waals surface area (Å²) in [5, 5.41) is 9.68. The van der Waals surface area contributed by atoms with Crippen LogP contribution in [0.5, 0.6) is 5.75 Å². The first-order valence-electron chi connectivity index (χ1n) is 11.3. The molecule has 0 aliphatic carbocycles.